The quantitative estimate of drug-likeness (QED) is 0.627. The highest BCUT2D eigenvalue weighted by atomic mass is 16.5. The molecular weight excluding hydrogens is 306 g/mol. The lowest BCUT2D eigenvalue weighted by Crippen LogP contribution is -2.12. The van der Waals surface area contributed by atoms with E-state index >= 15 is 0 Å². The van der Waals surface area contributed by atoms with Crippen LogP contribution < -0.4 is 0 Å². The molecule has 1 aromatic carbocycles. The topological polar surface area (TPSA) is 68.5 Å². The van der Waals surface area contributed by atoms with Gasteiger partial charge >= 0.3 is 5.97 Å². The van der Waals surface area contributed by atoms with E-state index in [0.29, 0.717) is 37.3 Å². The molecule has 1 unspecified atom stereocenters. The second kappa shape index (κ2) is 7.01. The zero-order valence-corrected chi connectivity index (χ0v) is 13.7. The van der Waals surface area contributed by atoms with Crippen LogP contribution >= 0.6 is 0 Å². The summed E-state index contributed by atoms with van der Waals surface area (Å²) in [4.78, 5) is 24.5. The van der Waals surface area contributed by atoms with Gasteiger partial charge in [0.25, 0.3) is 0 Å². The Hall–Kier alpha value is -2.40. The maximum Gasteiger partial charge on any atom is 0.312 e. The molecule has 0 aliphatic carbocycles. The van der Waals surface area contributed by atoms with Crippen LogP contribution in [0.4, 0.5) is 0 Å². The van der Waals surface area contributed by atoms with Crippen LogP contribution in [0.2, 0.25) is 0 Å². The van der Waals surface area contributed by atoms with Crippen molar-refractivity contribution in [2.75, 3.05) is 13.7 Å². The first-order valence-electron chi connectivity index (χ1n) is 8.17. The van der Waals surface area contributed by atoms with Gasteiger partial charge in [-0.25, -0.2) is 0 Å². The smallest absolute Gasteiger partial charge is 0.312 e. The molecule has 0 bridgehead atoms. The molecule has 0 fully saturated rings. The largest absolute Gasteiger partial charge is 0.481 e. The number of rotatable bonds is 7. The van der Waals surface area contributed by atoms with Crippen molar-refractivity contribution in [2.24, 2.45) is 0 Å². The number of nitrogens with zero attached hydrogens (tertiary/aromatic N) is 1. The van der Waals surface area contributed by atoms with Gasteiger partial charge in [-0.2, -0.15) is 0 Å². The summed E-state index contributed by atoms with van der Waals surface area (Å²) >= 11 is 0. The summed E-state index contributed by atoms with van der Waals surface area (Å²) in [6.45, 7) is 1.19. The highest BCUT2D eigenvalue weighted by Gasteiger charge is 2.33. The third kappa shape index (κ3) is 2.99. The molecular formula is C19H21NO4. The lowest BCUT2D eigenvalue weighted by Gasteiger charge is -2.09. The van der Waals surface area contributed by atoms with E-state index in [1.165, 1.54) is 0 Å². The number of hydrogen-bond acceptors (Lipinski definition) is 3. The highest BCUT2D eigenvalue weighted by Crippen LogP contribution is 2.34. The van der Waals surface area contributed by atoms with E-state index in [1.54, 1.807) is 19.2 Å². The molecule has 5 heteroatoms. The molecule has 0 saturated carbocycles. The number of aliphatic carboxylic acids is 1. The van der Waals surface area contributed by atoms with Gasteiger partial charge in [-0.3, -0.25) is 9.59 Å². The lowest BCUT2D eigenvalue weighted by atomic mass is 10.00. The number of ketones is 1. The van der Waals surface area contributed by atoms with Gasteiger partial charge in [0.05, 0.1) is 11.6 Å². The van der Waals surface area contributed by atoms with E-state index in [9.17, 15) is 14.7 Å². The monoisotopic (exact) mass is 327 g/mol. The van der Waals surface area contributed by atoms with E-state index in [0.717, 1.165) is 17.7 Å². The normalized spacial score (nSPS) is 16.1. The van der Waals surface area contributed by atoms with Crippen LogP contribution in [0.3, 0.4) is 0 Å². The van der Waals surface area contributed by atoms with Crippen LogP contribution in [0.5, 0.6) is 0 Å². The second-order valence-corrected chi connectivity index (χ2v) is 6.07. The number of carbonyl (C=O) groups excluding carboxylic acids is 1. The molecule has 2 aromatic rings. The summed E-state index contributed by atoms with van der Waals surface area (Å²) in [5, 5.41) is 9.41. The van der Waals surface area contributed by atoms with Gasteiger partial charge in [0, 0.05) is 31.5 Å². The maximum atomic E-state index is 13.0. The number of ether oxygens (including phenoxy) is 1. The Bertz CT molecular complexity index is 748. The first-order chi connectivity index (χ1) is 11.6. The summed E-state index contributed by atoms with van der Waals surface area (Å²) in [6.07, 6.45) is 2.04. The van der Waals surface area contributed by atoms with Crippen LogP contribution in [0.15, 0.2) is 36.4 Å². The number of aromatic nitrogens is 1. The van der Waals surface area contributed by atoms with Crippen LogP contribution in [-0.4, -0.2) is 35.1 Å². The minimum atomic E-state index is -0.826. The standard InChI is InChI=1S/C19H21NO4/c1-24-11-5-8-14-12-16-15(19(22)23)9-10-20(16)17(14)18(21)13-6-3-2-4-7-13/h2-4,6-7,12,15H,5,8-11H2,1H3,(H,22,23). The van der Waals surface area contributed by atoms with Gasteiger partial charge < -0.3 is 14.4 Å². The van der Waals surface area contributed by atoms with E-state index in [1.807, 2.05) is 28.8 Å². The third-order valence-electron chi connectivity index (χ3n) is 4.55. The summed E-state index contributed by atoms with van der Waals surface area (Å²) < 4.78 is 7.00. The molecule has 0 spiro atoms. The maximum absolute atomic E-state index is 13.0. The predicted molar refractivity (Wildman–Crippen MR) is 89.5 cm³/mol. The number of fused-ring (bicyclic) bond motifs is 1. The first-order valence-corrected chi connectivity index (χ1v) is 8.17. The molecule has 1 aromatic heterocycles. The third-order valence-corrected chi connectivity index (χ3v) is 4.55. The van der Waals surface area contributed by atoms with Crippen LogP contribution in [-0.2, 0) is 22.5 Å². The van der Waals surface area contributed by atoms with E-state index in [2.05, 4.69) is 0 Å². The Kier molecular flexibility index (Phi) is 4.81. The number of benzene rings is 1. The van der Waals surface area contributed by atoms with Gasteiger partial charge in [-0.1, -0.05) is 30.3 Å². The average Bonchev–Trinajstić information content (AvgIpc) is 3.14. The minimum Gasteiger partial charge on any atom is -0.481 e. The van der Waals surface area contributed by atoms with Crippen LogP contribution in [0.1, 0.15) is 46.1 Å². The van der Waals surface area contributed by atoms with Crippen LogP contribution in [0, 0.1) is 0 Å². The fraction of sp³-hybridized carbons (Fsp3) is 0.368. The van der Waals surface area contributed by atoms with Crippen molar-refractivity contribution in [3.05, 3.63) is 58.9 Å². The van der Waals surface area contributed by atoms with Crippen molar-refractivity contribution in [3.63, 3.8) is 0 Å². The Balaban J connectivity index is 2.01. The molecule has 1 N–H and O–H groups in total. The molecule has 24 heavy (non-hydrogen) atoms. The molecule has 126 valence electrons. The lowest BCUT2D eigenvalue weighted by molar-refractivity contribution is -0.138. The molecule has 0 radical (unpaired) electrons. The summed E-state index contributed by atoms with van der Waals surface area (Å²) in [5.41, 5.74) is 2.93. The van der Waals surface area contributed by atoms with Crippen molar-refractivity contribution < 1.29 is 19.4 Å². The minimum absolute atomic E-state index is 0.0414. The van der Waals surface area contributed by atoms with Gasteiger partial charge in [0.15, 0.2) is 0 Å². The van der Waals surface area contributed by atoms with Gasteiger partial charge in [-0.05, 0) is 30.9 Å². The van der Waals surface area contributed by atoms with E-state index < -0.39 is 11.9 Å². The number of carbonyl (C=O) groups is 2. The number of carboxylic acid groups (broad SMARTS) is 1. The summed E-state index contributed by atoms with van der Waals surface area (Å²) in [7, 11) is 1.65. The Morgan fingerprint density at radius 2 is 2.04 bits per heavy atom. The number of aryl methyl sites for hydroxylation is 1. The molecule has 0 amide bonds. The Morgan fingerprint density at radius 3 is 2.71 bits per heavy atom. The number of methoxy groups -OCH3 is 1. The van der Waals surface area contributed by atoms with E-state index in [4.69, 9.17) is 4.74 Å². The van der Waals surface area contributed by atoms with Crippen molar-refractivity contribution >= 4 is 11.8 Å². The Labute approximate surface area is 140 Å². The predicted octanol–water partition coefficient (Wildman–Crippen LogP) is 2.87. The van der Waals surface area contributed by atoms with E-state index in [-0.39, 0.29) is 5.78 Å². The summed E-state index contributed by atoms with van der Waals surface area (Å²) in [5.74, 6) is -1.39. The van der Waals surface area contributed by atoms with Gasteiger partial charge in [0.2, 0.25) is 5.78 Å². The van der Waals surface area contributed by atoms with Crippen LogP contribution in [0.25, 0.3) is 0 Å². The SMILES string of the molecule is COCCCc1cc2n(c1C(=O)c1ccccc1)CCC2C(=O)O. The molecule has 1 aliphatic heterocycles. The molecule has 1 aliphatic rings. The molecule has 1 atom stereocenters. The van der Waals surface area contributed by atoms with Crippen molar-refractivity contribution in [2.45, 2.75) is 31.7 Å². The molecule has 5 nitrogen and oxygen atoms in total. The van der Waals surface area contributed by atoms with Crippen molar-refractivity contribution in [3.8, 4) is 0 Å². The van der Waals surface area contributed by atoms with Crippen molar-refractivity contribution in [1.29, 1.82) is 0 Å². The first kappa shape index (κ1) is 16.5. The fourth-order valence-corrected chi connectivity index (χ4v) is 3.41. The average molecular weight is 327 g/mol. The molecule has 0 saturated heterocycles. The zero-order chi connectivity index (χ0) is 17.1. The zero-order valence-electron chi connectivity index (χ0n) is 13.7. The fourth-order valence-electron chi connectivity index (χ4n) is 3.41. The van der Waals surface area contributed by atoms with Gasteiger partial charge in [0.1, 0.15) is 0 Å². The molecule has 3 rings (SSSR count). The second-order valence-electron chi connectivity index (χ2n) is 6.07. The van der Waals surface area contributed by atoms with Gasteiger partial charge in [-0.15, -0.1) is 0 Å². The number of hydrogen-bond donors (Lipinski definition) is 1. The highest BCUT2D eigenvalue weighted by molar-refractivity contribution is 6.09. The number of carboxylic acids is 1. The Morgan fingerprint density at radius 1 is 1.29 bits per heavy atom. The van der Waals surface area contributed by atoms with Crippen molar-refractivity contribution in [1.82, 2.24) is 4.57 Å². The summed E-state index contributed by atoms with van der Waals surface area (Å²) in [6, 6.07) is 11.0. The molecule has 2 heterocycles.